The Kier molecular flexibility index (Phi) is 21.2. The predicted octanol–water partition coefficient (Wildman–Crippen LogP) is 10.8. The number of aromatic nitrogens is 4. The van der Waals surface area contributed by atoms with Gasteiger partial charge in [0.05, 0.1) is 72.7 Å². The van der Waals surface area contributed by atoms with E-state index < -0.39 is 120 Å². The zero-order valence-electron chi connectivity index (χ0n) is 55.4. The molecule has 4 aromatic carbocycles. The van der Waals surface area contributed by atoms with Crippen LogP contribution in [0.5, 0.6) is 0 Å². The van der Waals surface area contributed by atoms with Crippen molar-refractivity contribution in [3.05, 3.63) is 118 Å². The number of anilines is 2. The van der Waals surface area contributed by atoms with Crippen molar-refractivity contribution < 1.29 is 74.8 Å². The van der Waals surface area contributed by atoms with E-state index in [0.29, 0.717) is 87.0 Å². The lowest BCUT2D eigenvalue weighted by Gasteiger charge is -2.36. The molecule has 10 rings (SSSR count). The first-order valence-electron chi connectivity index (χ1n) is 32.3. The van der Waals surface area contributed by atoms with Gasteiger partial charge in [0.1, 0.15) is 52.7 Å². The molecule has 0 aliphatic carbocycles. The van der Waals surface area contributed by atoms with Crippen LogP contribution in [0.1, 0.15) is 158 Å². The molecule has 0 bridgehead atoms. The van der Waals surface area contributed by atoms with E-state index in [4.69, 9.17) is 38.4 Å². The number of hydrogen-bond acceptors (Lipinski definition) is 16. The molecular formula is C68H85F4N11O12. The highest BCUT2D eigenvalue weighted by Crippen LogP contribution is 2.50. The van der Waals surface area contributed by atoms with Crippen molar-refractivity contribution in [1.29, 1.82) is 0 Å². The topological polar surface area (TPSA) is 253 Å². The Morgan fingerprint density at radius 2 is 1.18 bits per heavy atom. The number of alkyl carbamates (subject to hydrolysis) is 3. The summed E-state index contributed by atoms with van der Waals surface area (Å²) in [6.07, 6.45) is -0.234. The maximum Gasteiger partial charge on any atom is 0.408 e. The van der Waals surface area contributed by atoms with Crippen LogP contribution >= 0.6 is 0 Å². The first-order valence-corrected chi connectivity index (χ1v) is 32.3. The number of nitrogens with one attached hydrogen (secondary N) is 4. The van der Waals surface area contributed by atoms with Crippen molar-refractivity contribution in [3.8, 4) is 0 Å². The SMILES string of the molecule is COC(=O)N[C@H](C(=O)N1CCCC1c1nc2ccc([C@H]3CC[C@H](c4cc5nc(C6CCCN6C(=O)[C@@H](NC(=O)OC)[C@@H](C)OC)n(COC(=O)C(NC(=O)OC(C)(C)C)C(C)C)c5cc4F)N3c3cc(F)c(N4CCC(c5ccc(F)cc5)CC4)c(F)c3)cc2[nH]1)[C@@H](C)OC. The van der Waals surface area contributed by atoms with Gasteiger partial charge in [-0.3, -0.25) is 14.2 Å². The highest BCUT2D eigenvalue weighted by atomic mass is 19.1. The fourth-order valence-corrected chi connectivity index (χ4v) is 13.7. The Bertz CT molecular complexity index is 3780. The summed E-state index contributed by atoms with van der Waals surface area (Å²) in [7, 11) is 5.21. The standard InChI is InChI=1S/C68H85F4N11O12/c1-36(2)56(76-67(89)95-68(5,6)7)64(86)94-35-82-55-34-45(70)44(33-50(55)75-61(82)54-15-13-27-81(54)63(85)58(38(4)91-9)78-66(88)93-11)52-23-22-51(83(52)43-31-46(71)59(47(72)32-43)79-28-24-40(25-29-79)39-16-19-42(69)20-17-39)41-18-21-48-49(30-41)74-60(73-48)53-14-12-26-80(53)62(84)57(37(3)90-8)77-65(87)92-10/h16-21,30-34,36-38,40,51-54,56-58H,12-15,22-29,35H2,1-11H3,(H,73,74)(H,76,89)(H,77,87)(H,78,88)/t37-,38-,51-,52-,53?,54?,56?,57+,58+/m1/s1. The molecule has 2 aromatic heterocycles. The smallest absolute Gasteiger partial charge is 0.408 e. The molecule has 4 saturated heterocycles. The minimum absolute atomic E-state index is 0.0562. The van der Waals surface area contributed by atoms with Crippen LogP contribution in [-0.4, -0.2) is 156 Å². The Hall–Kier alpha value is -8.72. The molecule has 3 unspecified atom stereocenters. The average Bonchev–Trinajstić information content (AvgIpc) is 1.62. The number of fused-ring (bicyclic) bond motifs is 2. The minimum atomic E-state index is -1.21. The largest absolute Gasteiger partial charge is 0.453 e. The van der Waals surface area contributed by atoms with Crippen LogP contribution in [0.3, 0.4) is 0 Å². The van der Waals surface area contributed by atoms with Crippen LogP contribution in [0.25, 0.3) is 22.1 Å². The van der Waals surface area contributed by atoms with Crippen LogP contribution in [-0.2, 0) is 49.5 Å². The summed E-state index contributed by atoms with van der Waals surface area (Å²) in [6, 6.07) is 10.9. The summed E-state index contributed by atoms with van der Waals surface area (Å²) in [5.74, 6) is -4.20. The van der Waals surface area contributed by atoms with E-state index in [9.17, 15) is 33.2 Å². The second-order valence-corrected chi connectivity index (χ2v) is 26.2. The lowest BCUT2D eigenvalue weighted by atomic mass is 9.89. The molecule has 0 radical (unpaired) electrons. The number of carbonyl (C=O) groups is 6. The molecule has 95 heavy (non-hydrogen) atoms. The number of piperidine rings is 1. The fraction of sp³-hybridized carbons (Fsp3) is 0.529. The zero-order valence-corrected chi connectivity index (χ0v) is 55.4. The van der Waals surface area contributed by atoms with Crippen molar-refractivity contribution in [3.63, 3.8) is 0 Å². The zero-order chi connectivity index (χ0) is 68.3. The van der Waals surface area contributed by atoms with E-state index in [0.717, 1.165) is 5.56 Å². The van der Waals surface area contributed by atoms with Crippen molar-refractivity contribution in [2.24, 2.45) is 5.92 Å². The first kappa shape index (κ1) is 69.1. The number of imidazole rings is 2. The maximum absolute atomic E-state index is 17.9. The molecule has 23 nitrogen and oxygen atoms in total. The van der Waals surface area contributed by atoms with Crippen molar-refractivity contribution in [1.82, 2.24) is 45.3 Å². The van der Waals surface area contributed by atoms with E-state index >= 15 is 13.2 Å². The van der Waals surface area contributed by atoms with Gasteiger partial charge in [0.25, 0.3) is 0 Å². The molecule has 0 spiro atoms. The highest BCUT2D eigenvalue weighted by molar-refractivity contribution is 5.88. The van der Waals surface area contributed by atoms with Gasteiger partial charge in [-0.25, -0.2) is 46.7 Å². The number of carbonyl (C=O) groups excluding carboxylic acids is 6. The quantitative estimate of drug-likeness (QED) is 0.0315. The number of amides is 5. The molecule has 4 aliphatic heterocycles. The van der Waals surface area contributed by atoms with Gasteiger partial charge in [-0.1, -0.05) is 32.0 Å². The fourth-order valence-electron chi connectivity index (χ4n) is 13.7. The normalized spacial score (nSPS) is 20.2. The summed E-state index contributed by atoms with van der Waals surface area (Å²) in [5, 5.41) is 7.81. The molecule has 5 amide bonds. The van der Waals surface area contributed by atoms with Gasteiger partial charge in [-0.15, -0.1) is 0 Å². The van der Waals surface area contributed by atoms with Crippen LogP contribution in [0.2, 0.25) is 0 Å². The second kappa shape index (κ2) is 29.1. The lowest BCUT2D eigenvalue weighted by molar-refractivity contribution is -0.151. The van der Waals surface area contributed by atoms with E-state index in [2.05, 4.69) is 20.9 Å². The van der Waals surface area contributed by atoms with Crippen molar-refractivity contribution >= 4 is 69.5 Å². The van der Waals surface area contributed by atoms with E-state index in [1.54, 1.807) is 76.5 Å². The molecule has 4 fully saturated rings. The third-order valence-corrected chi connectivity index (χ3v) is 18.7. The third kappa shape index (κ3) is 14.9. The molecule has 512 valence electrons. The summed E-state index contributed by atoms with van der Waals surface area (Å²) >= 11 is 0. The molecule has 9 atom stereocenters. The number of H-pyrrole nitrogens is 1. The number of hydrogen-bond donors (Lipinski definition) is 4. The predicted molar refractivity (Wildman–Crippen MR) is 343 cm³/mol. The Balaban J connectivity index is 1.04. The van der Waals surface area contributed by atoms with E-state index in [1.807, 2.05) is 23.1 Å². The van der Waals surface area contributed by atoms with Crippen LogP contribution in [0.15, 0.2) is 66.7 Å². The molecule has 4 N–H and O–H groups in total. The highest BCUT2D eigenvalue weighted by Gasteiger charge is 2.44. The van der Waals surface area contributed by atoms with Crippen molar-refractivity contribution in [2.45, 2.75) is 173 Å². The number of ether oxygens (including phenoxy) is 6. The van der Waals surface area contributed by atoms with Gasteiger partial charge >= 0.3 is 24.2 Å². The van der Waals surface area contributed by atoms with Crippen LogP contribution in [0.4, 0.5) is 43.3 Å². The van der Waals surface area contributed by atoms with Gasteiger partial charge in [0, 0.05) is 57.7 Å². The Labute approximate surface area is 548 Å². The number of esters is 1. The Morgan fingerprint density at radius 1 is 0.611 bits per heavy atom. The van der Waals surface area contributed by atoms with Gasteiger partial charge in [-0.2, -0.15) is 0 Å². The molecule has 4 aliphatic rings. The number of halogens is 4. The maximum atomic E-state index is 17.9. The number of aromatic amines is 1. The summed E-state index contributed by atoms with van der Waals surface area (Å²) in [6.45, 7) is 12.4. The third-order valence-electron chi connectivity index (χ3n) is 18.7. The first-order chi connectivity index (χ1) is 45.3. The average molecular weight is 1320 g/mol. The summed E-state index contributed by atoms with van der Waals surface area (Å²) in [4.78, 5) is 101. The van der Waals surface area contributed by atoms with E-state index in [-0.39, 0.29) is 64.4 Å². The van der Waals surface area contributed by atoms with Crippen LogP contribution < -0.4 is 25.8 Å². The molecular weight excluding hydrogens is 1240 g/mol. The lowest BCUT2D eigenvalue weighted by Crippen LogP contribution is -2.54. The molecule has 6 aromatic rings. The number of methoxy groups -OCH3 is 4. The van der Waals surface area contributed by atoms with Gasteiger partial charge in [0.15, 0.2) is 18.4 Å². The number of nitrogens with zero attached hydrogens (tertiary/aromatic N) is 7. The molecule has 6 heterocycles. The monoisotopic (exact) mass is 1320 g/mol. The Morgan fingerprint density at radius 3 is 1.76 bits per heavy atom. The minimum Gasteiger partial charge on any atom is -0.453 e. The second-order valence-electron chi connectivity index (χ2n) is 26.2. The van der Waals surface area contributed by atoms with Gasteiger partial charge in [-0.05, 0) is 151 Å². The molecule has 27 heteroatoms. The molecule has 0 saturated carbocycles. The van der Waals surface area contributed by atoms with Gasteiger partial charge in [0.2, 0.25) is 11.8 Å². The van der Waals surface area contributed by atoms with Crippen molar-refractivity contribution in [2.75, 3.05) is 64.4 Å². The summed E-state index contributed by atoms with van der Waals surface area (Å²) in [5.41, 5.74) is 2.36. The van der Waals surface area contributed by atoms with Gasteiger partial charge < -0.3 is 69.0 Å². The van der Waals surface area contributed by atoms with E-state index in [1.165, 1.54) is 68.2 Å². The van der Waals surface area contributed by atoms with Crippen LogP contribution in [0, 0.1) is 29.2 Å². The number of benzene rings is 4. The summed E-state index contributed by atoms with van der Waals surface area (Å²) < 4.78 is 99.9. The number of rotatable bonds is 20. The number of likely N-dealkylation sites (tertiary alicyclic amines) is 2.